The number of hydrogen-bond donors (Lipinski definition) is 1. The molecule has 1 aliphatic carbocycles. The van der Waals surface area contributed by atoms with Crippen molar-refractivity contribution in [2.24, 2.45) is 7.05 Å². The first-order chi connectivity index (χ1) is 16.1. The Morgan fingerprint density at radius 3 is 2.26 bits per heavy atom. The fourth-order valence-electron chi connectivity index (χ4n) is 3.39. The Kier molecular flexibility index (Phi) is 5.89. The molecule has 1 saturated carbocycles. The van der Waals surface area contributed by atoms with Gasteiger partial charge in [0.15, 0.2) is 11.5 Å². The number of amides is 1. The van der Waals surface area contributed by atoms with Gasteiger partial charge in [-0.05, 0) is 43.2 Å². The molecule has 0 unspecified atom stereocenters. The van der Waals surface area contributed by atoms with Crippen LogP contribution < -0.4 is 5.32 Å². The smallest absolute Gasteiger partial charge is 0.454 e. The van der Waals surface area contributed by atoms with E-state index in [2.05, 4.69) is 10.4 Å². The first kappa shape index (κ1) is 25.0. The summed E-state index contributed by atoms with van der Waals surface area (Å²) in [5.41, 5.74) is -5.61. The molecule has 14 heteroatoms. The summed E-state index contributed by atoms with van der Waals surface area (Å²) in [7, 11) is 0.783. The summed E-state index contributed by atoms with van der Waals surface area (Å²) in [6.07, 6.45) is -10.3. The predicted octanol–water partition coefficient (Wildman–Crippen LogP) is 6.57. The number of aromatic nitrogens is 2. The Morgan fingerprint density at radius 2 is 1.69 bits per heavy atom. The lowest BCUT2D eigenvalue weighted by Crippen LogP contribution is -2.36. The Labute approximate surface area is 196 Å². The van der Waals surface area contributed by atoms with Crippen molar-refractivity contribution in [3.8, 4) is 22.8 Å². The van der Waals surface area contributed by atoms with Crippen LogP contribution in [0.2, 0.25) is 5.02 Å². The Hall–Kier alpha value is -3.09. The van der Waals surface area contributed by atoms with Crippen molar-refractivity contribution in [1.82, 2.24) is 15.1 Å². The first-order valence-electron chi connectivity index (χ1n) is 9.91. The Morgan fingerprint density at radius 1 is 1.06 bits per heavy atom. The summed E-state index contributed by atoms with van der Waals surface area (Å²) in [4.78, 5) is 12.4. The molecule has 0 bridgehead atoms. The van der Waals surface area contributed by atoms with Crippen LogP contribution in [0.4, 0.5) is 35.1 Å². The highest BCUT2D eigenvalue weighted by molar-refractivity contribution is 6.34. The highest BCUT2D eigenvalue weighted by atomic mass is 35.5. The summed E-state index contributed by atoms with van der Waals surface area (Å²) < 4.78 is 113. The van der Waals surface area contributed by atoms with E-state index in [9.17, 15) is 39.9 Å². The van der Waals surface area contributed by atoms with E-state index in [0.717, 1.165) is 26.0 Å². The third-order valence-electron chi connectivity index (χ3n) is 5.23. The first-order valence-corrected chi connectivity index (χ1v) is 10.3. The second-order valence-electron chi connectivity index (χ2n) is 7.87. The van der Waals surface area contributed by atoms with Crippen molar-refractivity contribution in [3.05, 3.63) is 52.2 Å². The lowest BCUT2D eigenvalue weighted by atomic mass is 10.1. The van der Waals surface area contributed by atoms with Crippen molar-refractivity contribution in [2.45, 2.75) is 37.2 Å². The van der Waals surface area contributed by atoms with E-state index in [1.807, 2.05) is 0 Å². The van der Waals surface area contributed by atoms with E-state index in [4.69, 9.17) is 16.0 Å². The number of carbonyl (C=O) groups excluding carboxylic acids is 1. The third-order valence-corrected chi connectivity index (χ3v) is 5.56. The largest absolute Gasteiger partial charge is 0.459 e. The van der Waals surface area contributed by atoms with Crippen molar-refractivity contribution in [3.63, 3.8) is 0 Å². The Balaban J connectivity index is 1.79. The summed E-state index contributed by atoms with van der Waals surface area (Å²) in [5.74, 6) is -7.10. The number of nitrogens with zero attached hydrogens (tertiary/aromatic N) is 2. The highest BCUT2D eigenvalue weighted by Gasteiger charge is 2.64. The zero-order valence-electron chi connectivity index (χ0n) is 17.5. The molecule has 1 fully saturated rings. The van der Waals surface area contributed by atoms with E-state index in [1.165, 1.54) is 24.3 Å². The number of rotatable bonds is 5. The van der Waals surface area contributed by atoms with Gasteiger partial charge in [-0.15, -0.1) is 0 Å². The quantitative estimate of drug-likeness (QED) is 0.382. The van der Waals surface area contributed by atoms with E-state index < -0.39 is 46.9 Å². The molecule has 0 aliphatic heterocycles. The molecule has 0 atom stereocenters. The zero-order valence-corrected chi connectivity index (χ0v) is 18.2. The zero-order chi connectivity index (χ0) is 25.9. The SMILES string of the molecule is Cn1nc(C(F)(F)C(F)(F)F)c(C(F)(F)F)c1-c1ccc(-c2ccc(Cl)c(C(=O)NC3CC3)c2)o1. The monoisotopic (exact) mass is 527 g/mol. The predicted molar refractivity (Wildman–Crippen MR) is 107 cm³/mol. The molecule has 1 aliphatic rings. The standard InChI is InChI=1S/C21H14ClF8N3O2/c1-33-16(15(20(25,26)27)17(32-33)19(23,24)21(28,29)30)14-7-6-13(35-14)9-2-5-12(22)11(8-9)18(34)31-10-3-4-10/h2,5-8,10H,3-4H2,1H3,(H,31,34). The minimum Gasteiger partial charge on any atom is -0.454 e. The molecule has 188 valence electrons. The van der Waals surface area contributed by atoms with Crippen molar-refractivity contribution in [1.29, 1.82) is 0 Å². The van der Waals surface area contributed by atoms with Gasteiger partial charge in [0.1, 0.15) is 17.0 Å². The molecule has 0 radical (unpaired) electrons. The van der Waals surface area contributed by atoms with E-state index >= 15 is 0 Å². The van der Waals surface area contributed by atoms with Crippen LogP contribution in [0.3, 0.4) is 0 Å². The van der Waals surface area contributed by atoms with Crippen LogP contribution in [-0.2, 0) is 19.1 Å². The fourth-order valence-corrected chi connectivity index (χ4v) is 3.60. The van der Waals surface area contributed by atoms with Crippen molar-refractivity contribution in [2.75, 3.05) is 0 Å². The molecule has 2 aromatic heterocycles. The molecule has 3 aromatic rings. The number of benzene rings is 1. The summed E-state index contributed by atoms with van der Waals surface area (Å²) >= 11 is 6.07. The maximum atomic E-state index is 13.9. The van der Waals surface area contributed by atoms with E-state index in [1.54, 1.807) is 0 Å². The van der Waals surface area contributed by atoms with Gasteiger partial charge in [-0.1, -0.05) is 11.6 Å². The number of nitrogens with one attached hydrogen (secondary N) is 1. The second-order valence-corrected chi connectivity index (χ2v) is 8.28. The maximum absolute atomic E-state index is 13.9. The molecule has 5 nitrogen and oxygen atoms in total. The molecular formula is C21H14ClF8N3O2. The van der Waals surface area contributed by atoms with Crippen LogP contribution >= 0.6 is 11.6 Å². The Bertz CT molecular complexity index is 1290. The number of carbonyl (C=O) groups is 1. The number of hydrogen-bond acceptors (Lipinski definition) is 3. The number of halogens is 9. The lowest BCUT2D eigenvalue weighted by Gasteiger charge is -2.19. The minimum atomic E-state index is -6.31. The normalized spacial score (nSPS) is 14.9. The highest BCUT2D eigenvalue weighted by Crippen LogP contribution is 2.50. The maximum Gasteiger partial charge on any atom is 0.459 e. The van der Waals surface area contributed by atoms with Gasteiger partial charge in [-0.25, -0.2) is 0 Å². The van der Waals surface area contributed by atoms with Gasteiger partial charge in [0.05, 0.1) is 10.6 Å². The molecule has 0 saturated heterocycles. The van der Waals surface area contributed by atoms with Crippen LogP contribution in [0.25, 0.3) is 22.8 Å². The average molecular weight is 528 g/mol. The van der Waals surface area contributed by atoms with Crippen LogP contribution in [0.1, 0.15) is 34.5 Å². The van der Waals surface area contributed by atoms with Gasteiger partial charge < -0.3 is 9.73 Å². The van der Waals surface area contributed by atoms with Gasteiger partial charge >= 0.3 is 18.3 Å². The average Bonchev–Trinajstić information content (AvgIpc) is 3.27. The second kappa shape index (κ2) is 8.25. The number of alkyl halides is 8. The third kappa shape index (κ3) is 4.60. The summed E-state index contributed by atoms with van der Waals surface area (Å²) in [6, 6.07) is 6.24. The van der Waals surface area contributed by atoms with E-state index in [-0.39, 0.29) is 32.6 Å². The van der Waals surface area contributed by atoms with Gasteiger partial charge in [-0.3, -0.25) is 9.48 Å². The minimum absolute atomic E-state index is 0.0205. The van der Waals surface area contributed by atoms with Crippen LogP contribution in [0, 0.1) is 0 Å². The topological polar surface area (TPSA) is 60.1 Å². The molecule has 1 aromatic carbocycles. The van der Waals surface area contributed by atoms with Crippen molar-refractivity contribution >= 4 is 17.5 Å². The van der Waals surface area contributed by atoms with Gasteiger partial charge in [0, 0.05) is 18.7 Å². The van der Waals surface area contributed by atoms with Gasteiger partial charge in [0.2, 0.25) is 0 Å². The van der Waals surface area contributed by atoms with Crippen LogP contribution in [0.15, 0.2) is 34.7 Å². The molecule has 0 spiro atoms. The van der Waals surface area contributed by atoms with Gasteiger partial charge in [-0.2, -0.15) is 40.2 Å². The molecule has 1 N–H and O–H groups in total. The number of aryl methyl sites for hydroxylation is 1. The number of furan rings is 1. The molecule has 2 heterocycles. The molecule has 4 rings (SSSR count). The van der Waals surface area contributed by atoms with Crippen LogP contribution in [-0.4, -0.2) is 27.9 Å². The molecule has 35 heavy (non-hydrogen) atoms. The summed E-state index contributed by atoms with van der Waals surface area (Å²) in [5, 5.41) is 5.68. The lowest BCUT2D eigenvalue weighted by molar-refractivity contribution is -0.292. The molecule has 1 amide bonds. The van der Waals surface area contributed by atoms with Gasteiger partial charge in [0.25, 0.3) is 5.91 Å². The fraction of sp³-hybridized carbons (Fsp3) is 0.333. The molecular weight excluding hydrogens is 514 g/mol. The van der Waals surface area contributed by atoms with Crippen molar-refractivity contribution < 1.29 is 44.3 Å². The summed E-state index contributed by atoms with van der Waals surface area (Å²) in [6.45, 7) is 0. The van der Waals surface area contributed by atoms with Crippen LogP contribution in [0.5, 0.6) is 0 Å². The van der Waals surface area contributed by atoms with E-state index in [0.29, 0.717) is 0 Å².